The molecule has 1 fully saturated rings. The highest BCUT2D eigenvalue weighted by Gasteiger charge is 2.10. The maximum atomic E-state index is 11.6. The maximum absolute atomic E-state index is 11.6. The zero-order valence-electron chi connectivity index (χ0n) is 13.0. The molecule has 22 heavy (non-hydrogen) atoms. The fourth-order valence-electron chi connectivity index (χ4n) is 2.21. The van der Waals surface area contributed by atoms with E-state index < -0.39 is 0 Å². The summed E-state index contributed by atoms with van der Waals surface area (Å²) in [4.78, 5) is 13.9. The number of benzene rings is 1. The van der Waals surface area contributed by atoms with Crippen LogP contribution in [0.2, 0.25) is 0 Å². The molecule has 1 heterocycles. The SMILES string of the molecule is CCOc1ccc(OCC(=O)OCCN2CCNCC2)cc1. The van der Waals surface area contributed by atoms with Crippen molar-refractivity contribution in [1.82, 2.24) is 10.2 Å². The van der Waals surface area contributed by atoms with Gasteiger partial charge in [0.15, 0.2) is 6.61 Å². The molecular weight excluding hydrogens is 284 g/mol. The average molecular weight is 308 g/mol. The van der Waals surface area contributed by atoms with Crippen LogP contribution in [0.15, 0.2) is 24.3 Å². The van der Waals surface area contributed by atoms with Gasteiger partial charge in [-0.05, 0) is 31.2 Å². The average Bonchev–Trinajstić information content (AvgIpc) is 2.55. The number of esters is 1. The predicted octanol–water partition coefficient (Wildman–Crippen LogP) is 0.913. The first-order valence-corrected chi connectivity index (χ1v) is 7.72. The van der Waals surface area contributed by atoms with Crippen molar-refractivity contribution < 1.29 is 19.0 Å². The van der Waals surface area contributed by atoms with Gasteiger partial charge in [0.2, 0.25) is 0 Å². The Balaban J connectivity index is 1.60. The molecule has 1 aliphatic heterocycles. The van der Waals surface area contributed by atoms with E-state index in [9.17, 15) is 4.79 Å². The first kappa shape index (κ1) is 16.6. The lowest BCUT2D eigenvalue weighted by Gasteiger charge is -2.26. The van der Waals surface area contributed by atoms with Crippen molar-refractivity contribution in [2.24, 2.45) is 0 Å². The third-order valence-corrected chi connectivity index (χ3v) is 3.37. The highest BCUT2D eigenvalue weighted by atomic mass is 16.6. The van der Waals surface area contributed by atoms with Gasteiger partial charge in [-0.25, -0.2) is 4.79 Å². The second-order valence-electron chi connectivity index (χ2n) is 5.01. The molecule has 1 aromatic carbocycles. The van der Waals surface area contributed by atoms with Crippen LogP contribution in [0.25, 0.3) is 0 Å². The van der Waals surface area contributed by atoms with E-state index in [0.717, 1.165) is 38.5 Å². The summed E-state index contributed by atoms with van der Waals surface area (Å²) in [6, 6.07) is 7.18. The van der Waals surface area contributed by atoms with Gasteiger partial charge in [-0.2, -0.15) is 0 Å². The molecule has 1 aromatic rings. The number of piperazine rings is 1. The largest absolute Gasteiger partial charge is 0.494 e. The number of nitrogens with one attached hydrogen (secondary N) is 1. The fraction of sp³-hybridized carbons (Fsp3) is 0.562. The van der Waals surface area contributed by atoms with Gasteiger partial charge in [0.25, 0.3) is 0 Å². The Morgan fingerprint density at radius 1 is 1.14 bits per heavy atom. The van der Waals surface area contributed by atoms with Crippen LogP contribution >= 0.6 is 0 Å². The minimum Gasteiger partial charge on any atom is -0.494 e. The summed E-state index contributed by atoms with van der Waals surface area (Å²) in [5.74, 6) is 1.07. The van der Waals surface area contributed by atoms with E-state index in [4.69, 9.17) is 14.2 Å². The second kappa shape index (κ2) is 9.27. The summed E-state index contributed by atoms with van der Waals surface area (Å²) < 4.78 is 15.9. The minimum absolute atomic E-state index is 0.0739. The topological polar surface area (TPSA) is 60.0 Å². The van der Waals surface area contributed by atoms with E-state index in [2.05, 4.69) is 10.2 Å². The van der Waals surface area contributed by atoms with Gasteiger partial charge in [0, 0.05) is 32.7 Å². The number of carbonyl (C=O) groups is 1. The molecule has 1 aliphatic rings. The maximum Gasteiger partial charge on any atom is 0.344 e. The molecule has 0 saturated carbocycles. The number of rotatable bonds is 8. The standard InChI is InChI=1S/C16H24N2O4/c1-2-20-14-3-5-15(6-4-14)22-13-16(19)21-12-11-18-9-7-17-8-10-18/h3-6,17H,2,7-13H2,1H3. The monoisotopic (exact) mass is 308 g/mol. The molecule has 1 N–H and O–H groups in total. The van der Waals surface area contributed by atoms with E-state index in [0.29, 0.717) is 19.0 Å². The molecule has 0 bridgehead atoms. The summed E-state index contributed by atoms with van der Waals surface area (Å²) in [7, 11) is 0. The van der Waals surface area contributed by atoms with Gasteiger partial charge >= 0.3 is 5.97 Å². The van der Waals surface area contributed by atoms with Crippen LogP contribution in [0.3, 0.4) is 0 Å². The molecule has 6 nitrogen and oxygen atoms in total. The number of hydrogen-bond acceptors (Lipinski definition) is 6. The first-order valence-electron chi connectivity index (χ1n) is 7.72. The van der Waals surface area contributed by atoms with Crippen LogP contribution in [0.4, 0.5) is 0 Å². The molecule has 1 saturated heterocycles. The lowest BCUT2D eigenvalue weighted by atomic mass is 10.3. The van der Waals surface area contributed by atoms with Gasteiger partial charge in [0.1, 0.15) is 18.1 Å². The second-order valence-corrected chi connectivity index (χ2v) is 5.01. The summed E-state index contributed by atoms with van der Waals surface area (Å²) >= 11 is 0. The number of hydrogen-bond donors (Lipinski definition) is 1. The van der Waals surface area contributed by atoms with E-state index in [-0.39, 0.29) is 12.6 Å². The third kappa shape index (κ3) is 5.91. The van der Waals surface area contributed by atoms with E-state index in [1.165, 1.54) is 0 Å². The van der Waals surface area contributed by atoms with Crippen molar-refractivity contribution >= 4 is 5.97 Å². The Bertz CT molecular complexity index is 444. The van der Waals surface area contributed by atoms with Crippen molar-refractivity contribution in [3.05, 3.63) is 24.3 Å². The van der Waals surface area contributed by atoms with Gasteiger partial charge < -0.3 is 19.5 Å². The molecule has 6 heteroatoms. The van der Waals surface area contributed by atoms with Gasteiger partial charge in [-0.15, -0.1) is 0 Å². The Hall–Kier alpha value is -1.79. The smallest absolute Gasteiger partial charge is 0.344 e. The Morgan fingerprint density at radius 2 is 1.77 bits per heavy atom. The normalized spacial score (nSPS) is 15.3. The lowest BCUT2D eigenvalue weighted by molar-refractivity contribution is -0.146. The molecule has 0 amide bonds. The molecule has 0 unspecified atom stereocenters. The van der Waals surface area contributed by atoms with E-state index >= 15 is 0 Å². The van der Waals surface area contributed by atoms with Crippen molar-refractivity contribution in [3.63, 3.8) is 0 Å². The Labute approximate surface area is 131 Å². The van der Waals surface area contributed by atoms with Crippen molar-refractivity contribution in [1.29, 1.82) is 0 Å². The van der Waals surface area contributed by atoms with Crippen molar-refractivity contribution in [2.75, 3.05) is 52.5 Å². The predicted molar refractivity (Wildman–Crippen MR) is 83.4 cm³/mol. The number of ether oxygens (including phenoxy) is 3. The molecule has 2 rings (SSSR count). The molecule has 0 aliphatic carbocycles. The summed E-state index contributed by atoms with van der Waals surface area (Å²) in [5.41, 5.74) is 0. The van der Waals surface area contributed by atoms with Gasteiger partial charge in [-0.3, -0.25) is 4.90 Å². The molecule has 122 valence electrons. The Kier molecular flexibility index (Phi) is 6.99. The van der Waals surface area contributed by atoms with E-state index in [1.807, 2.05) is 19.1 Å². The van der Waals surface area contributed by atoms with Crippen LogP contribution in [0.1, 0.15) is 6.92 Å². The highest BCUT2D eigenvalue weighted by Crippen LogP contribution is 2.17. The quantitative estimate of drug-likeness (QED) is 0.721. The highest BCUT2D eigenvalue weighted by molar-refractivity contribution is 5.71. The zero-order chi connectivity index (χ0) is 15.6. The molecule has 0 radical (unpaired) electrons. The molecule has 0 spiro atoms. The Morgan fingerprint density at radius 3 is 2.41 bits per heavy atom. The lowest BCUT2D eigenvalue weighted by Crippen LogP contribution is -2.44. The molecule has 0 aromatic heterocycles. The van der Waals surface area contributed by atoms with E-state index in [1.54, 1.807) is 12.1 Å². The summed E-state index contributed by atoms with van der Waals surface area (Å²) in [6.45, 7) is 7.65. The number of nitrogens with zero attached hydrogens (tertiary/aromatic N) is 1. The first-order chi connectivity index (χ1) is 10.8. The van der Waals surface area contributed by atoms with Crippen LogP contribution < -0.4 is 14.8 Å². The van der Waals surface area contributed by atoms with Crippen molar-refractivity contribution in [2.45, 2.75) is 6.92 Å². The zero-order valence-corrected chi connectivity index (χ0v) is 13.0. The molecular formula is C16H24N2O4. The van der Waals surface area contributed by atoms with Crippen molar-refractivity contribution in [3.8, 4) is 11.5 Å². The molecule has 0 atom stereocenters. The fourth-order valence-corrected chi connectivity index (χ4v) is 2.21. The van der Waals surface area contributed by atoms with Crippen LogP contribution in [0, 0.1) is 0 Å². The van der Waals surface area contributed by atoms with Crippen LogP contribution in [-0.2, 0) is 9.53 Å². The van der Waals surface area contributed by atoms with Gasteiger partial charge in [0.05, 0.1) is 6.61 Å². The number of carbonyl (C=O) groups excluding carboxylic acids is 1. The summed E-state index contributed by atoms with van der Waals surface area (Å²) in [5, 5.41) is 3.29. The van der Waals surface area contributed by atoms with Crippen LogP contribution in [0.5, 0.6) is 11.5 Å². The minimum atomic E-state index is -0.344. The van der Waals surface area contributed by atoms with Gasteiger partial charge in [-0.1, -0.05) is 0 Å². The van der Waals surface area contributed by atoms with Crippen LogP contribution in [-0.4, -0.2) is 63.4 Å². The summed E-state index contributed by atoms with van der Waals surface area (Å²) in [6.07, 6.45) is 0. The third-order valence-electron chi connectivity index (χ3n) is 3.37.